The minimum absolute atomic E-state index is 0.172. The van der Waals surface area contributed by atoms with Crippen molar-refractivity contribution in [3.05, 3.63) is 11.7 Å². The second kappa shape index (κ2) is 5.65. The highest BCUT2D eigenvalue weighted by Gasteiger charge is 2.22. The van der Waals surface area contributed by atoms with E-state index in [-0.39, 0.29) is 6.54 Å². The zero-order chi connectivity index (χ0) is 12.2. The summed E-state index contributed by atoms with van der Waals surface area (Å²) in [5, 5.41) is 14.1. The Morgan fingerprint density at radius 3 is 2.81 bits per heavy atom. The Morgan fingerprint density at radius 2 is 2.25 bits per heavy atom. The molecule has 1 aromatic rings. The fraction of sp³-hybridized carbons (Fsp3) is 0.800. The molecule has 1 aromatic heterocycles. The van der Waals surface area contributed by atoms with Gasteiger partial charge in [-0.2, -0.15) is 16.7 Å². The van der Waals surface area contributed by atoms with Crippen LogP contribution < -0.4 is 5.73 Å². The van der Waals surface area contributed by atoms with Crippen molar-refractivity contribution in [1.82, 2.24) is 10.1 Å². The maximum atomic E-state index is 9.75. The molecule has 0 aromatic carbocycles. The molecule has 3 N–H and O–H groups in total. The van der Waals surface area contributed by atoms with E-state index in [1.54, 1.807) is 18.7 Å². The van der Waals surface area contributed by atoms with E-state index in [0.717, 1.165) is 5.75 Å². The first-order valence-electron chi connectivity index (χ1n) is 5.28. The molecule has 0 amide bonds. The summed E-state index contributed by atoms with van der Waals surface area (Å²) in [6.45, 7) is 6.06. The van der Waals surface area contributed by atoms with Crippen LogP contribution in [0, 0.1) is 0 Å². The van der Waals surface area contributed by atoms with Gasteiger partial charge in [0.2, 0.25) is 5.89 Å². The van der Waals surface area contributed by atoms with Crippen molar-refractivity contribution in [3.8, 4) is 0 Å². The molecule has 0 aliphatic carbocycles. The second-order valence-corrected chi connectivity index (χ2v) is 5.91. The topological polar surface area (TPSA) is 85.2 Å². The fourth-order valence-electron chi connectivity index (χ4n) is 1.06. The molecule has 92 valence electrons. The van der Waals surface area contributed by atoms with Gasteiger partial charge >= 0.3 is 0 Å². The van der Waals surface area contributed by atoms with Gasteiger partial charge in [0.25, 0.3) is 0 Å². The molecular weight excluding hydrogens is 226 g/mol. The Morgan fingerprint density at radius 1 is 1.56 bits per heavy atom. The van der Waals surface area contributed by atoms with Crippen molar-refractivity contribution in [2.75, 3.05) is 6.54 Å². The lowest BCUT2D eigenvalue weighted by Gasteiger charge is -2.17. The van der Waals surface area contributed by atoms with Crippen LogP contribution in [0.3, 0.4) is 0 Å². The van der Waals surface area contributed by atoms with Crippen LogP contribution in [-0.2, 0) is 12.2 Å². The normalized spacial score (nSPS) is 15.4. The van der Waals surface area contributed by atoms with E-state index < -0.39 is 5.60 Å². The number of hydrogen-bond acceptors (Lipinski definition) is 6. The fourth-order valence-corrected chi connectivity index (χ4v) is 1.66. The minimum atomic E-state index is -0.977. The van der Waals surface area contributed by atoms with Gasteiger partial charge in [0.15, 0.2) is 5.82 Å². The third kappa shape index (κ3) is 4.51. The first-order chi connectivity index (χ1) is 7.43. The molecule has 16 heavy (non-hydrogen) atoms. The van der Waals surface area contributed by atoms with Gasteiger partial charge in [-0.3, -0.25) is 0 Å². The van der Waals surface area contributed by atoms with Gasteiger partial charge in [-0.1, -0.05) is 19.0 Å². The number of rotatable bonds is 6. The summed E-state index contributed by atoms with van der Waals surface area (Å²) >= 11 is 1.75. The molecule has 5 nitrogen and oxygen atoms in total. The zero-order valence-electron chi connectivity index (χ0n) is 9.93. The van der Waals surface area contributed by atoms with Crippen LogP contribution in [0.2, 0.25) is 0 Å². The van der Waals surface area contributed by atoms with Crippen LogP contribution >= 0.6 is 11.8 Å². The molecule has 1 rings (SSSR count). The van der Waals surface area contributed by atoms with Crippen LogP contribution in [-0.4, -0.2) is 32.6 Å². The third-order valence-electron chi connectivity index (χ3n) is 2.03. The number of nitrogens with zero attached hydrogens (tertiary/aromatic N) is 2. The van der Waals surface area contributed by atoms with E-state index in [2.05, 4.69) is 24.0 Å². The molecule has 0 spiro atoms. The monoisotopic (exact) mass is 245 g/mol. The smallest absolute Gasteiger partial charge is 0.229 e. The summed E-state index contributed by atoms with van der Waals surface area (Å²) in [4.78, 5) is 4.20. The lowest BCUT2D eigenvalue weighted by molar-refractivity contribution is 0.0610. The van der Waals surface area contributed by atoms with E-state index in [9.17, 15) is 5.11 Å². The highest BCUT2D eigenvalue weighted by Crippen LogP contribution is 2.16. The highest BCUT2D eigenvalue weighted by molar-refractivity contribution is 7.99. The van der Waals surface area contributed by atoms with Crippen LogP contribution in [0.1, 0.15) is 32.5 Å². The van der Waals surface area contributed by atoms with Crippen LogP contribution in [0.15, 0.2) is 4.52 Å². The molecule has 0 aliphatic rings. The van der Waals surface area contributed by atoms with Gasteiger partial charge in [0.1, 0.15) is 0 Å². The van der Waals surface area contributed by atoms with Crippen molar-refractivity contribution < 1.29 is 9.63 Å². The molecule has 0 radical (unpaired) electrons. The van der Waals surface area contributed by atoms with Gasteiger partial charge in [0.05, 0.1) is 17.8 Å². The van der Waals surface area contributed by atoms with Crippen molar-refractivity contribution >= 4 is 11.8 Å². The van der Waals surface area contributed by atoms with Gasteiger partial charge in [0, 0.05) is 6.54 Å². The van der Waals surface area contributed by atoms with Crippen LogP contribution in [0.5, 0.6) is 0 Å². The Balaban J connectivity index is 2.51. The number of aromatic nitrogens is 2. The molecule has 6 heteroatoms. The summed E-state index contributed by atoms with van der Waals surface area (Å²) in [5.74, 6) is 1.84. The van der Waals surface area contributed by atoms with E-state index in [0.29, 0.717) is 23.4 Å². The average Bonchev–Trinajstić information content (AvgIpc) is 2.62. The largest absolute Gasteiger partial charge is 0.388 e. The predicted molar refractivity (Wildman–Crippen MR) is 64.1 cm³/mol. The Bertz CT molecular complexity index is 326. The standard InChI is InChI=1S/C10H19N3O2S/c1-7(2)16-5-8-12-9(15-13-8)4-10(3,14)6-11/h7,14H,4-6,11H2,1-3H3. The van der Waals surface area contributed by atoms with Crippen molar-refractivity contribution in [2.45, 2.75) is 43.8 Å². The SMILES string of the molecule is CC(C)SCc1noc(CC(C)(O)CN)n1. The quantitative estimate of drug-likeness (QED) is 0.776. The summed E-state index contributed by atoms with van der Waals surface area (Å²) in [6, 6.07) is 0. The van der Waals surface area contributed by atoms with E-state index in [1.807, 2.05) is 0 Å². The number of thioether (sulfide) groups is 1. The molecule has 0 bridgehead atoms. The number of hydrogen-bond donors (Lipinski definition) is 2. The summed E-state index contributed by atoms with van der Waals surface area (Å²) < 4.78 is 5.04. The summed E-state index contributed by atoms with van der Waals surface area (Å²) in [5.41, 5.74) is 4.44. The average molecular weight is 245 g/mol. The van der Waals surface area contributed by atoms with E-state index in [1.165, 1.54) is 0 Å². The predicted octanol–water partition coefficient (Wildman–Crippen LogP) is 0.963. The molecule has 1 unspecified atom stereocenters. The maximum absolute atomic E-state index is 9.75. The van der Waals surface area contributed by atoms with Gasteiger partial charge < -0.3 is 15.4 Å². The Hall–Kier alpha value is -0.590. The maximum Gasteiger partial charge on any atom is 0.229 e. The molecule has 0 fully saturated rings. The second-order valence-electron chi connectivity index (χ2n) is 4.34. The van der Waals surface area contributed by atoms with Crippen LogP contribution in [0.4, 0.5) is 0 Å². The van der Waals surface area contributed by atoms with Gasteiger partial charge in [-0.15, -0.1) is 0 Å². The molecular formula is C10H19N3O2S. The number of aliphatic hydroxyl groups is 1. The summed E-state index contributed by atoms with van der Waals surface area (Å²) in [7, 11) is 0. The highest BCUT2D eigenvalue weighted by atomic mass is 32.2. The van der Waals surface area contributed by atoms with Gasteiger partial charge in [-0.25, -0.2) is 0 Å². The van der Waals surface area contributed by atoms with E-state index >= 15 is 0 Å². The van der Waals surface area contributed by atoms with E-state index in [4.69, 9.17) is 10.3 Å². The van der Waals surface area contributed by atoms with Crippen molar-refractivity contribution in [2.24, 2.45) is 5.73 Å². The number of nitrogens with two attached hydrogens (primary N) is 1. The Kier molecular flexibility index (Phi) is 4.76. The van der Waals surface area contributed by atoms with Gasteiger partial charge in [-0.05, 0) is 12.2 Å². The minimum Gasteiger partial charge on any atom is -0.388 e. The first-order valence-corrected chi connectivity index (χ1v) is 6.33. The zero-order valence-corrected chi connectivity index (χ0v) is 10.8. The van der Waals surface area contributed by atoms with Crippen molar-refractivity contribution in [3.63, 3.8) is 0 Å². The molecule has 1 heterocycles. The summed E-state index contributed by atoms with van der Waals surface area (Å²) in [6.07, 6.45) is 0.294. The molecule has 0 saturated heterocycles. The molecule has 0 aliphatic heterocycles. The first kappa shape index (κ1) is 13.5. The lowest BCUT2D eigenvalue weighted by atomic mass is 10.0. The van der Waals surface area contributed by atoms with Crippen LogP contribution in [0.25, 0.3) is 0 Å². The Labute approximate surface area is 99.8 Å². The molecule has 0 saturated carbocycles. The lowest BCUT2D eigenvalue weighted by Crippen LogP contribution is -2.36. The molecule has 1 atom stereocenters. The third-order valence-corrected chi connectivity index (χ3v) is 3.12. The van der Waals surface area contributed by atoms with Crippen molar-refractivity contribution in [1.29, 1.82) is 0 Å².